The number of anilines is 1. The lowest BCUT2D eigenvalue weighted by Gasteiger charge is -2.37. The smallest absolute Gasteiger partial charge is 0.241 e. The number of ether oxygens (including phenoxy) is 1. The molecule has 0 bridgehead atoms. The second-order valence-corrected chi connectivity index (χ2v) is 8.38. The Morgan fingerprint density at radius 1 is 1.18 bits per heavy atom. The molecular formula is C24H24FN5O4. The number of carbonyl (C=O) groups is 2. The molecule has 34 heavy (non-hydrogen) atoms. The Kier molecular flexibility index (Phi) is 5.97. The van der Waals surface area contributed by atoms with Crippen molar-refractivity contribution in [2.75, 3.05) is 38.6 Å². The normalized spacial score (nSPS) is 18.4. The van der Waals surface area contributed by atoms with Gasteiger partial charge in [0.2, 0.25) is 23.5 Å². The maximum atomic E-state index is 13.6. The third-order valence-corrected chi connectivity index (χ3v) is 6.21. The van der Waals surface area contributed by atoms with Crippen LogP contribution in [0.2, 0.25) is 0 Å². The number of amides is 2. The van der Waals surface area contributed by atoms with Crippen LogP contribution in [0.4, 0.5) is 10.1 Å². The van der Waals surface area contributed by atoms with Gasteiger partial charge in [0.25, 0.3) is 0 Å². The summed E-state index contributed by atoms with van der Waals surface area (Å²) in [6.07, 6.45) is 0.0633. The molecule has 1 saturated heterocycles. The molecule has 3 heterocycles. The lowest BCUT2D eigenvalue weighted by Crippen LogP contribution is -2.50. The van der Waals surface area contributed by atoms with Crippen LogP contribution >= 0.6 is 0 Å². The van der Waals surface area contributed by atoms with Crippen LogP contribution in [0.5, 0.6) is 5.75 Å². The number of methoxy groups -OCH3 is 1. The van der Waals surface area contributed by atoms with E-state index in [1.165, 1.54) is 12.1 Å². The Labute approximate surface area is 195 Å². The Morgan fingerprint density at radius 2 is 1.94 bits per heavy atom. The molecule has 3 aromatic rings. The van der Waals surface area contributed by atoms with E-state index >= 15 is 0 Å². The Bertz CT molecular complexity index is 1200. The molecule has 176 valence electrons. The summed E-state index contributed by atoms with van der Waals surface area (Å²) in [6, 6.07) is 11.6. The van der Waals surface area contributed by atoms with Crippen molar-refractivity contribution in [1.82, 2.24) is 19.9 Å². The molecule has 0 spiro atoms. The highest BCUT2D eigenvalue weighted by atomic mass is 19.1. The van der Waals surface area contributed by atoms with Crippen LogP contribution in [0, 0.1) is 5.82 Å². The zero-order valence-electron chi connectivity index (χ0n) is 18.7. The van der Waals surface area contributed by atoms with Gasteiger partial charge in [-0.3, -0.25) is 14.5 Å². The van der Waals surface area contributed by atoms with Gasteiger partial charge in [0, 0.05) is 43.9 Å². The van der Waals surface area contributed by atoms with E-state index in [1.54, 1.807) is 18.1 Å². The van der Waals surface area contributed by atoms with E-state index in [2.05, 4.69) is 20.4 Å². The average Bonchev–Trinajstić information content (AvgIpc) is 3.32. The minimum atomic E-state index is -0.598. The maximum absolute atomic E-state index is 13.6. The van der Waals surface area contributed by atoms with Crippen molar-refractivity contribution >= 4 is 17.5 Å². The van der Waals surface area contributed by atoms with Crippen molar-refractivity contribution < 1.29 is 23.2 Å². The quantitative estimate of drug-likeness (QED) is 0.618. The first-order chi connectivity index (χ1) is 16.5. The third kappa shape index (κ3) is 4.49. The molecule has 1 atom stereocenters. The highest BCUT2D eigenvalue weighted by Crippen LogP contribution is 2.34. The van der Waals surface area contributed by atoms with Crippen LogP contribution in [-0.4, -0.2) is 65.0 Å². The number of hydrogen-bond donors (Lipinski definition) is 1. The van der Waals surface area contributed by atoms with Crippen molar-refractivity contribution in [3.63, 3.8) is 0 Å². The SMILES string of the molecule is COc1ccc(-c2noc(CN3CCN(C(=O)[C@@H]4CC(=O)Nc5cc(F)ccc54)CC3)n2)cc1. The topological polar surface area (TPSA) is 101 Å². The Morgan fingerprint density at radius 3 is 2.68 bits per heavy atom. The molecule has 0 aliphatic carbocycles. The summed E-state index contributed by atoms with van der Waals surface area (Å²) < 4.78 is 24.2. The fourth-order valence-corrected chi connectivity index (χ4v) is 4.37. The predicted molar refractivity (Wildman–Crippen MR) is 121 cm³/mol. The standard InChI is InChI=1S/C24H24FN5O4/c1-33-17-5-2-15(3-6-17)23-27-22(34-28-23)14-29-8-10-30(11-9-29)24(32)19-13-21(31)26-20-12-16(25)4-7-18(19)20/h2-7,12,19H,8-11,13-14H2,1H3,(H,26,31)/t19-/m1/s1. The van der Waals surface area contributed by atoms with E-state index in [4.69, 9.17) is 9.26 Å². The molecule has 0 unspecified atom stereocenters. The van der Waals surface area contributed by atoms with Crippen LogP contribution < -0.4 is 10.1 Å². The highest BCUT2D eigenvalue weighted by molar-refractivity contribution is 6.01. The first-order valence-corrected chi connectivity index (χ1v) is 11.1. The third-order valence-electron chi connectivity index (χ3n) is 6.21. The summed E-state index contributed by atoms with van der Waals surface area (Å²) in [6.45, 7) is 2.81. The Hall–Kier alpha value is -3.79. The largest absolute Gasteiger partial charge is 0.497 e. The second kappa shape index (κ2) is 9.22. The van der Waals surface area contributed by atoms with Gasteiger partial charge in [-0.15, -0.1) is 0 Å². The minimum absolute atomic E-state index is 0.0633. The molecule has 1 aromatic heterocycles. The molecular weight excluding hydrogens is 441 g/mol. The van der Waals surface area contributed by atoms with E-state index in [0.29, 0.717) is 55.7 Å². The number of rotatable bonds is 5. The average molecular weight is 465 g/mol. The number of nitrogens with zero attached hydrogens (tertiary/aromatic N) is 4. The van der Waals surface area contributed by atoms with Gasteiger partial charge < -0.3 is 19.5 Å². The maximum Gasteiger partial charge on any atom is 0.241 e. The first-order valence-electron chi connectivity index (χ1n) is 11.1. The summed E-state index contributed by atoms with van der Waals surface area (Å²) in [5.41, 5.74) is 1.87. The summed E-state index contributed by atoms with van der Waals surface area (Å²) in [4.78, 5) is 33.7. The van der Waals surface area contributed by atoms with Crippen molar-refractivity contribution in [2.45, 2.75) is 18.9 Å². The van der Waals surface area contributed by atoms with Crippen molar-refractivity contribution in [1.29, 1.82) is 0 Å². The van der Waals surface area contributed by atoms with Gasteiger partial charge in [0.1, 0.15) is 11.6 Å². The van der Waals surface area contributed by atoms with Gasteiger partial charge in [0.05, 0.1) is 19.6 Å². The zero-order valence-corrected chi connectivity index (χ0v) is 18.7. The van der Waals surface area contributed by atoms with E-state index in [9.17, 15) is 14.0 Å². The van der Waals surface area contributed by atoms with Gasteiger partial charge in [-0.2, -0.15) is 4.98 Å². The Balaban J connectivity index is 1.19. The number of carbonyl (C=O) groups excluding carboxylic acids is 2. The summed E-state index contributed by atoms with van der Waals surface area (Å²) >= 11 is 0. The highest BCUT2D eigenvalue weighted by Gasteiger charge is 2.35. The van der Waals surface area contributed by atoms with Gasteiger partial charge in [-0.05, 0) is 42.0 Å². The summed E-state index contributed by atoms with van der Waals surface area (Å²) in [5, 5.41) is 6.72. The van der Waals surface area contributed by atoms with Crippen molar-refractivity contribution in [3.8, 4) is 17.1 Å². The first kappa shape index (κ1) is 22.0. The van der Waals surface area contributed by atoms with Gasteiger partial charge in [0.15, 0.2) is 0 Å². The van der Waals surface area contributed by atoms with Crippen LogP contribution in [0.15, 0.2) is 47.0 Å². The molecule has 2 amide bonds. The molecule has 9 nitrogen and oxygen atoms in total. The van der Waals surface area contributed by atoms with Crippen molar-refractivity contribution in [2.24, 2.45) is 0 Å². The number of benzene rings is 2. The number of halogens is 1. The van der Waals surface area contributed by atoms with Gasteiger partial charge in [-0.1, -0.05) is 11.2 Å². The van der Waals surface area contributed by atoms with Crippen LogP contribution in [0.1, 0.15) is 23.8 Å². The molecule has 1 fully saturated rings. The predicted octanol–water partition coefficient (Wildman–Crippen LogP) is 2.65. The summed E-state index contributed by atoms with van der Waals surface area (Å²) in [5.74, 6) is 0.337. The number of piperazine rings is 1. The van der Waals surface area contributed by atoms with E-state index in [-0.39, 0.29) is 18.2 Å². The molecule has 0 radical (unpaired) electrons. The van der Waals surface area contributed by atoms with Gasteiger partial charge in [-0.25, -0.2) is 4.39 Å². The number of hydrogen-bond acceptors (Lipinski definition) is 7. The van der Waals surface area contributed by atoms with Gasteiger partial charge >= 0.3 is 0 Å². The van der Waals surface area contributed by atoms with E-state index in [0.717, 1.165) is 11.3 Å². The van der Waals surface area contributed by atoms with Crippen LogP contribution in [-0.2, 0) is 16.1 Å². The molecule has 2 aromatic carbocycles. The van der Waals surface area contributed by atoms with Crippen LogP contribution in [0.3, 0.4) is 0 Å². The fraction of sp³-hybridized carbons (Fsp3) is 0.333. The molecule has 5 rings (SSSR count). The second-order valence-electron chi connectivity index (χ2n) is 8.38. The molecule has 2 aliphatic rings. The summed E-state index contributed by atoms with van der Waals surface area (Å²) in [7, 11) is 1.61. The lowest BCUT2D eigenvalue weighted by molar-refractivity contribution is -0.136. The monoisotopic (exact) mass is 465 g/mol. The van der Waals surface area contributed by atoms with E-state index in [1.807, 2.05) is 24.3 Å². The minimum Gasteiger partial charge on any atom is -0.497 e. The fourth-order valence-electron chi connectivity index (χ4n) is 4.37. The molecule has 1 N–H and O–H groups in total. The lowest BCUT2D eigenvalue weighted by atomic mass is 9.89. The van der Waals surface area contributed by atoms with Crippen LogP contribution in [0.25, 0.3) is 11.4 Å². The number of nitrogens with one attached hydrogen (secondary N) is 1. The molecule has 10 heteroatoms. The zero-order chi connectivity index (χ0) is 23.7. The molecule has 0 saturated carbocycles. The molecule has 2 aliphatic heterocycles. The number of aromatic nitrogens is 2. The number of fused-ring (bicyclic) bond motifs is 1. The van der Waals surface area contributed by atoms with Crippen molar-refractivity contribution in [3.05, 3.63) is 59.7 Å². The van der Waals surface area contributed by atoms with E-state index < -0.39 is 11.7 Å².